The van der Waals surface area contributed by atoms with Crippen molar-refractivity contribution >= 4 is 24.2 Å². The summed E-state index contributed by atoms with van der Waals surface area (Å²) in [5, 5.41) is 8.01. The molecule has 0 aliphatic carbocycles. The average Bonchev–Trinajstić information content (AvgIpc) is 2.93. The van der Waals surface area contributed by atoms with Crippen LogP contribution in [0.1, 0.15) is 31.8 Å². The zero-order valence-electron chi connectivity index (χ0n) is 19.1. The maximum Gasteiger partial charge on any atom is 0.271 e. The number of hydrazone groups is 2. The number of ether oxygens (including phenoxy) is 4. The zero-order chi connectivity index (χ0) is 24.7. The molecule has 3 aromatic carbocycles. The van der Waals surface area contributed by atoms with E-state index in [1.165, 1.54) is 12.4 Å². The van der Waals surface area contributed by atoms with Gasteiger partial charge < -0.3 is 18.9 Å². The first-order valence-corrected chi connectivity index (χ1v) is 11.2. The number of nitrogens with zero attached hydrogens (tertiary/aromatic N) is 2. The third-order valence-electron chi connectivity index (χ3n) is 5.30. The predicted molar refractivity (Wildman–Crippen MR) is 131 cm³/mol. The summed E-state index contributed by atoms with van der Waals surface area (Å²) in [6, 6.07) is 17.2. The van der Waals surface area contributed by atoms with Crippen LogP contribution >= 0.6 is 0 Å². The van der Waals surface area contributed by atoms with Crippen LogP contribution in [-0.2, 0) is 0 Å². The van der Waals surface area contributed by atoms with Crippen molar-refractivity contribution in [3.05, 3.63) is 82.9 Å². The topological polar surface area (TPSA) is 120 Å². The first kappa shape index (κ1) is 22.9. The fourth-order valence-electron chi connectivity index (χ4n) is 3.50. The highest BCUT2D eigenvalue weighted by molar-refractivity contribution is 5.96. The Kier molecular flexibility index (Phi) is 6.74. The fraction of sp³-hybridized carbons (Fsp3) is 0.154. The predicted octanol–water partition coefficient (Wildman–Crippen LogP) is 2.76. The molecule has 2 amide bonds. The lowest BCUT2D eigenvalue weighted by Gasteiger charge is -2.18. The molecule has 0 unspecified atom stereocenters. The number of rotatable bonds is 6. The number of benzene rings is 3. The Morgan fingerprint density at radius 3 is 1.39 bits per heavy atom. The molecule has 0 fully saturated rings. The van der Waals surface area contributed by atoms with Crippen LogP contribution in [0.3, 0.4) is 0 Å². The van der Waals surface area contributed by atoms with Crippen LogP contribution in [0, 0.1) is 0 Å². The van der Waals surface area contributed by atoms with Crippen LogP contribution in [0.15, 0.2) is 70.9 Å². The van der Waals surface area contributed by atoms with Crippen LogP contribution < -0.4 is 29.8 Å². The number of nitrogens with one attached hydrogen (secondary N) is 2. The van der Waals surface area contributed by atoms with E-state index in [4.69, 9.17) is 18.9 Å². The molecule has 0 atom stereocenters. The minimum Gasteiger partial charge on any atom is -0.486 e. The number of hydrogen-bond acceptors (Lipinski definition) is 8. The van der Waals surface area contributed by atoms with Gasteiger partial charge in [-0.1, -0.05) is 24.3 Å². The Bertz CT molecular complexity index is 1230. The van der Waals surface area contributed by atoms with Gasteiger partial charge in [0.25, 0.3) is 11.8 Å². The largest absolute Gasteiger partial charge is 0.486 e. The molecule has 3 aromatic rings. The molecular weight excluding hydrogens is 464 g/mol. The third-order valence-corrected chi connectivity index (χ3v) is 5.30. The van der Waals surface area contributed by atoms with Gasteiger partial charge in [-0.3, -0.25) is 9.59 Å². The molecule has 0 saturated heterocycles. The van der Waals surface area contributed by atoms with Gasteiger partial charge >= 0.3 is 0 Å². The highest BCUT2D eigenvalue weighted by Crippen LogP contribution is 2.31. The molecule has 0 bridgehead atoms. The molecule has 0 spiro atoms. The van der Waals surface area contributed by atoms with Crippen LogP contribution in [0.2, 0.25) is 0 Å². The molecule has 5 rings (SSSR count). The number of fused-ring (bicyclic) bond motifs is 2. The van der Waals surface area contributed by atoms with Crippen molar-refractivity contribution < 1.29 is 28.5 Å². The SMILES string of the molecule is O=C(N/N=C/c1ccc(/C=N/NC(=O)c2ccc3c(c2)OCCO3)cc1)c1ccc2c(c1)OCCO2. The van der Waals surface area contributed by atoms with Gasteiger partial charge in [0.2, 0.25) is 0 Å². The van der Waals surface area contributed by atoms with Crippen molar-refractivity contribution in [3.8, 4) is 23.0 Å². The Hall–Kier alpha value is -4.86. The lowest BCUT2D eigenvalue weighted by atomic mass is 10.1. The van der Waals surface area contributed by atoms with Gasteiger partial charge in [0, 0.05) is 11.1 Å². The van der Waals surface area contributed by atoms with Gasteiger partial charge in [0.05, 0.1) is 12.4 Å². The first-order chi connectivity index (χ1) is 17.7. The lowest BCUT2D eigenvalue weighted by Crippen LogP contribution is -2.19. The molecule has 0 saturated carbocycles. The van der Waals surface area contributed by atoms with E-state index in [9.17, 15) is 9.59 Å². The van der Waals surface area contributed by atoms with E-state index < -0.39 is 0 Å². The summed E-state index contributed by atoms with van der Waals surface area (Å²) >= 11 is 0. The molecule has 0 radical (unpaired) electrons. The lowest BCUT2D eigenvalue weighted by molar-refractivity contribution is 0.0946. The Morgan fingerprint density at radius 2 is 0.972 bits per heavy atom. The molecule has 2 aliphatic rings. The van der Waals surface area contributed by atoms with Crippen molar-refractivity contribution in [1.82, 2.24) is 10.9 Å². The summed E-state index contributed by atoms with van der Waals surface area (Å²) in [6.45, 7) is 1.87. The van der Waals surface area contributed by atoms with Crippen molar-refractivity contribution in [1.29, 1.82) is 0 Å². The molecule has 2 heterocycles. The first-order valence-electron chi connectivity index (χ1n) is 11.2. The Morgan fingerprint density at radius 1 is 0.583 bits per heavy atom. The van der Waals surface area contributed by atoms with E-state index in [1.54, 1.807) is 36.4 Å². The van der Waals surface area contributed by atoms with Crippen molar-refractivity contribution in [3.63, 3.8) is 0 Å². The number of carbonyl (C=O) groups is 2. The molecule has 10 heteroatoms. The minimum atomic E-state index is -0.360. The maximum atomic E-state index is 12.3. The normalized spacial score (nSPS) is 14.0. The minimum absolute atomic E-state index is 0.360. The van der Waals surface area contributed by atoms with Gasteiger partial charge in [-0.2, -0.15) is 10.2 Å². The molecule has 0 aromatic heterocycles. The van der Waals surface area contributed by atoms with E-state index in [1.807, 2.05) is 24.3 Å². The van der Waals surface area contributed by atoms with Gasteiger partial charge in [-0.15, -0.1) is 0 Å². The van der Waals surface area contributed by atoms with Gasteiger partial charge in [0.1, 0.15) is 26.4 Å². The van der Waals surface area contributed by atoms with Gasteiger partial charge in [-0.05, 0) is 47.5 Å². The van der Waals surface area contributed by atoms with E-state index in [-0.39, 0.29) is 11.8 Å². The third kappa shape index (κ3) is 5.44. The number of carbonyl (C=O) groups excluding carboxylic acids is 2. The molecule has 2 N–H and O–H groups in total. The monoisotopic (exact) mass is 486 g/mol. The molecular formula is C26H22N4O6. The summed E-state index contributed by atoms with van der Waals surface area (Å²) in [5.41, 5.74) is 7.37. The van der Waals surface area contributed by atoms with E-state index in [0.717, 1.165) is 11.1 Å². The molecule has 2 aliphatic heterocycles. The smallest absolute Gasteiger partial charge is 0.271 e. The molecule has 36 heavy (non-hydrogen) atoms. The zero-order valence-corrected chi connectivity index (χ0v) is 19.1. The molecule has 182 valence electrons. The van der Waals surface area contributed by atoms with Gasteiger partial charge in [-0.25, -0.2) is 10.9 Å². The van der Waals surface area contributed by atoms with E-state index >= 15 is 0 Å². The summed E-state index contributed by atoms with van der Waals surface area (Å²) in [6.07, 6.45) is 3.06. The number of hydrogen-bond donors (Lipinski definition) is 2. The van der Waals surface area contributed by atoms with E-state index in [0.29, 0.717) is 60.6 Å². The second-order valence-electron chi connectivity index (χ2n) is 7.78. The quantitative estimate of drug-likeness (QED) is 0.408. The van der Waals surface area contributed by atoms with Crippen molar-refractivity contribution in [2.75, 3.05) is 26.4 Å². The van der Waals surface area contributed by atoms with Crippen molar-refractivity contribution in [2.45, 2.75) is 0 Å². The summed E-state index contributed by atoms with van der Waals surface area (Å²) in [5.74, 6) is 1.59. The Balaban J connectivity index is 1.12. The van der Waals surface area contributed by atoms with Crippen LogP contribution in [0.5, 0.6) is 23.0 Å². The maximum absolute atomic E-state index is 12.3. The second kappa shape index (κ2) is 10.6. The highest BCUT2D eigenvalue weighted by atomic mass is 16.6. The van der Waals surface area contributed by atoms with Crippen LogP contribution in [0.4, 0.5) is 0 Å². The highest BCUT2D eigenvalue weighted by Gasteiger charge is 2.15. The second-order valence-corrected chi connectivity index (χ2v) is 7.78. The standard InChI is InChI=1S/C26H22N4O6/c31-25(19-5-7-21-23(13-19)35-11-9-33-21)29-27-15-17-1-2-18(4-3-17)16-28-30-26(32)20-6-8-22-24(14-20)36-12-10-34-22/h1-8,13-16H,9-12H2,(H,29,31)(H,30,32)/b27-15+,28-16+. The van der Waals surface area contributed by atoms with Crippen LogP contribution in [-0.4, -0.2) is 50.7 Å². The number of amides is 2. The summed E-state index contributed by atoms with van der Waals surface area (Å²) in [7, 11) is 0. The average molecular weight is 486 g/mol. The van der Waals surface area contributed by atoms with E-state index in [2.05, 4.69) is 21.1 Å². The Labute approximate surface area is 206 Å². The summed E-state index contributed by atoms with van der Waals surface area (Å²) < 4.78 is 21.9. The molecule has 10 nitrogen and oxygen atoms in total. The van der Waals surface area contributed by atoms with Crippen molar-refractivity contribution in [2.24, 2.45) is 10.2 Å². The van der Waals surface area contributed by atoms with Gasteiger partial charge in [0.15, 0.2) is 23.0 Å². The summed E-state index contributed by atoms with van der Waals surface area (Å²) in [4.78, 5) is 24.7. The van der Waals surface area contributed by atoms with Crippen LogP contribution in [0.25, 0.3) is 0 Å². The fourth-order valence-corrected chi connectivity index (χ4v) is 3.50.